The summed E-state index contributed by atoms with van der Waals surface area (Å²) in [6.07, 6.45) is 3.95. The first kappa shape index (κ1) is 10.5. The number of aliphatic hydroxyl groups excluding tert-OH is 1. The number of nitrogens with zero attached hydrogens (tertiary/aromatic N) is 2. The third kappa shape index (κ3) is 2.01. The summed E-state index contributed by atoms with van der Waals surface area (Å²) in [5.41, 5.74) is 0.967. The summed E-state index contributed by atoms with van der Waals surface area (Å²) in [5.74, 6) is 0. The van der Waals surface area contributed by atoms with Crippen molar-refractivity contribution >= 4 is 0 Å². The lowest BCUT2D eigenvalue weighted by atomic mass is 9.64. The van der Waals surface area contributed by atoms with Gasteiger partial charge in [0.15, 0.2) is 0 Å². The Morgan fingerprint density at radius 3 is 2.93 bits per heavy atom. The van der Waals surface area contributed by atoms with Gasteiger partial charge in [0.1, 0.15) is 6.33 Å². The van der Waals surface area contributed by atoms with Gasteiger partial charge < -0.3 is 10.4 Å². The van der Waals surface area contributed by atoms with Crippen LogP contribution in [0.1, 0.15) is 26.0 Å². The van der Waals surface area contributed by atoms with E-state index in [-0.39, 0.29) is 11.5 Å². The van der Waals surface area contributed by atoms with E-state index in [1.807, 2.05) is 6.07 Å². The topological polar surface area (TPSA) is 58.0 Å². The summed E-state index contributed by atoms with van der Waals surface area (Å²) in [6.45, 7) is 4.90. The third-order valence-corrected chi connectivity index (χ3v) is 3.39. The predicted octanol–water partition coefficient (Wildman–Crippen LogP) is 0.726. The van der Waals surface area contributed by atoms with E-state index < -0.39 is 0 Å². The van der Waals surface area contributed by atoms with Gasteiger partial charge in [0, 0.05) is 24.2 Å². The smallest absolute Gasteiger partial charge is 0.115 e. The van der Waals surface area contributed by atoms with E-state index in [1.54, 1.807) is 12.5 Å². The first-order chi connectivity index (χ1) is 7.10. The zero-order chi connectivity index (χ0) is 10.9. The maximum atomic E-state index is 9.58. The van der Waals surface area contributed by atoms with Gasteiger partial charge in [0.2, 0.25) is 0 Å². The van der Waals surface area contributed by atoms with Crippen LogP contribution >= 0.6 is 0 Å². The van der Waals surface area contributed by atoms with Gasteiger partial charge in [-0.05, 0) is 12.5 Å². The monoisotopic (exact) mass is 207 g/mol. The van der Waals surface area contributed by atoms with Crippen LogP contribution in [0, 0.1) is 5.41 Å². The Morgan fingerprint density at radius 1 is 1.60 bits per heavy atom. The van der Waals surface area contributed by atoms with Gasteiger partial charge in [-0.25, -0.2) is 9.97 Å². The van der Waals surface area contributed by atoms with Gasteiger partial charge in [-0.3, -0.25) is 0 Å². The SMILES string of the molecule is CC1(C)C(O)CC1NCc1ccncn1. The van der Waals surface area contributed by atoms with E-state index in [0.717, 1.165) is 18.7 Å². The van der Waals surface area contributed by atoms with Gasteiger partial charge in [-0.1, -0.05) is 13.8 Å². The van der Waals surface area contributed by atoms with E-state index in [1.165, 1.54) is 0 Å². The van der Waals surface area contributed by atoms with E-state index in [0.29, 0.717) is 6.04 Å². The lowest BCUT2D eigenvalue weighted by molar-refractivity contribution is -0.0730. The lowest BCUT2D eigenvalue weighted by Crippen LogP contribution is -2.59. The molecule has 1 aromatic heterocycles. The fourth-order valence-electron chi connectivity index (χ4n) is 1.90. The number of nitrogens with one attached hydrogen (secondary N) is 1. The van der Waals surface area contributed by atoms with Gasteiger partial charge in [0.05, 0.1) is 11.8 Å². The van der Waals surface area contributed by atoms with Gasteiger partial charge in [-0.2, -0.15) is 0 Å². The zero-order valence-electron chi connectivity index (χ0n) is 9.14. The molecule has 1 heterocycles. The standard InChI is InChI=1S/C11H17N3O/c1-11(2)9(5-10(11)15)13-6-8-3-4-12-7-14-8/h3-4,7,9-10,13,15H,5-6H2,1-2H3. The molecule has 4 nitrogen and oxygen atoms in total. The molecule has 1 aromatic rings. The molecule has 0 saturated heterocycles. The van der Waals surface area contributed by atoms with Crippen molar-refractivity contribution in [3.63, 3.8) is 0 Å². The van der Waals surface area contributed by atoms with Crippen LogP contribution in [0.4, 0.5) is 0 Å². The average molecular weight is 207 g/mol. The largest absolute Gasteiger partial charge is 0.392 e. The Bertz CT molecular complexity index is 326. The molecule has 1 saturated carbocycles. The van der Waals surface area contributed by atoms with Crippen LogP contribution in [-0.2, 0) is 6.54 Å². The molecule has 1 fully saturated rings. The molecule has 2 atom stereocenters. The van der Waals surface area contributed by atoms with Crippen LogP contribution in [0.5, 0.6) is 0 Å². The quantitative estimate of drug-likeness (QED) is 0.767. The molecule has 0 radical (unpaired) electrons. The Morgan fingerprint density at radius 2 is 2.40 bits per heavy atom. The van der Waals surface area contributed by atoms with Crippen molar-refractivity contribution in [2.75, 3.05) is 0 Å². The first-order valence-electron chi connectivity index (χ1n) is 5.27. The molecule has 1 aliphatic carbocycles. The molecule has 82 valence electrons. The lowest BCUT2D eigenvalue weighted by Gasteiger charge is -2.49. The molecule has 2 rings (SSSR count). The Kier molecular flexibility index (Phi) is 2.71. The van der Waals surface area contributed by atoms with Crippen molar-refractivity contribution in [1.82, 2.24) is 15.3 Å². The van der Waals surface area contributed by atoms with E-state index in [2.05, 4.69) is 29.1 Å². The van der Waals surface area contributed by atoms with E-state index >= 15 is 0 Å². The summed E-state index contributed by atoms with van der Waals surface area (Å²) in [4.78, 5) is 8.01. The predicted molar refractivity (Wildman–Crippen MR) is 57.1 cm³/mol. The molecule has 0 aromatic carbocycles. The van der Waals surface area contributed by atoms with Crippen LogP contribution in [0.3, 0.4) is 0 Å². The molecule has 2 unspecified atom stereocenters. The maximum Gasteiger partial charge on any atom is 0.115 e. The Labute approximate surface area is 89.8 Å². The zero-order valence-corrected chi connectivity index (χ0v) is 9.14. The molecule has 15 heavy (non-hydrogen) atoms. The highest BCUT2D eigenvalue weighted by Crippen LogP contribution is 2.40. The summed E-state index contributed by atoms with van der Waals surface area (Å²) in [5, 5.41) is 13.0. The maximum absolute atomic E-state index is 9.58. The van der Waals surface area contributed by atoms with E-state index in [9.17, 15) is 5.11 Å². The van der Waals surface area contributed by atoms with Crippen molar-refractivity contribution in [3.8, 4) is 0 Å². The van der Waals surface area contributed by atoms with Crippen LogP contribution in [0.2, 0.25) is 0 Å². The fourth-order valence-corrected chi connectivity index (χ4v) is 1.90. The van der Waals surface area contributed by atoms with Gasteiger partial charge >= 0.3 is 0 Å². The molecule has 1 aliphatic rings. The van der Waals surface area contributed by atoms with Crippen molar-refractivity contribution < 1.29 is 5.11 Å². The highest BCUT2D eigenvalue weighted by molar-refractivity contribution is 5.04. The minimum absolute atomic E-state index is 0.0208. The first-order valence-corrected chi connectivity index (χ1v) is 5.27. The number of hydrogen-bond acceptors (Lipinski definition) is 4. The summed E-state index contributed by atoms with van der Waals surface area (Å²) in [7, 11) is 0. The number of rotatable bonds is 3. The van der Waals surface area contributed by atoms with Gasteiger partial charge in [-0.15, -0.1) is 0 Å². The molecular weight excluding hydrogens is 190 g/mol. The third-order valence-electron chi connectivity index (χ3n) is 3.39. The molecule has 4 heteroatoms. The van der Waals surface area contributed by atoms with Crippen molar-refractivity contribution in [2.24, 2.45) is 5.41 Å². The minimum atomic E-state index is -0.180. The van der Waals surface area contributed by atoms with Crippen molar-refractivity contribution in [3.05, 3.63) is 24.3 Å². The number of hydrogen-bond donors (Lipinski definition) is 2. The summed E-state index contributed by atoms with van der Waals surface area (Å²) >= 11 is 0. The molecule has 0 aliphatic heterocycles. The van der Waals surface area contributed by atoms with Crippen molar-refractivity contribution in [1.29, 1.82) is 0 Å². The average Bonchev–Trinajstić information content (AvgIpc) is 2.25. The minimum Gasteiger partial charge on any atom is -0.392 e. The second-order valence-corrected chi connectivity index (χ2v) is 4.71. The molecule has 0 bridgehead atoms. The summed E-state index contributed by atoms with van der Waals surface area (Å²) in [6, 6.07) is 2.28. The number of aromatic nitrogens is 2. The van der Waals surface area contributed by atoms with Crippen LogP contribution < -0.4 is 5.32 Å². The Hall–Kier alpha value is -1.00. The van der Waals surface area contributed by atoms with Gasteiger partial charge in [0.25, 0.3) is 0 Å². The van der Waals surface area contributed by atoms with Crippen LogP contribution in [-0.4, -0.2) is 27.2 Å². The van der Waals surface area contributed by atoms with Crippen LogP contribution in [0.25, 0.3) is 0 Å². The van der Waals surface area contributed by atoms with Crippen molar-refractivity contribution in [2.45, 2.75) is 39.0 Å². The molecule has 0 amide bonds. The molecular formula is C11H17N3O. The number of aliphatic hydroxyl groups is 1. The van der Waals surface area contributed by atoms with Crippen LogP contribution in [0.15, 0.2) is 18.6 Å². The Balaban J connectivity index is 1.85. The normalized spacial score (nSPS) is 28.5. The second kappa shape index (κ2) is 3.87. The second-order valence-electron chi connectivity index (χ2n) is 4.71. The molecule has 2 N–H and O–H groups in total. The summed E-state index contributed by atoms with van der Waals surface area (Å²) < 4.78 is 0. The van der Waals surface area contributed by atoms with E-state index in [4.69, 9.17) is 0 Å². The highest BCUT2D eigenvalue weighted by atomic mass is 16.3. The molecule has 0 spiro atoms. The fraction of sp³-hybridized carbons (Fsp3) is 0.636. The highest BCUT2D eigenvalue weighted by Gasteiger charge is 2.46.